The lowest BCUT2D eigenvalue weighted by Crippen LogP contribution is -2.33. The van der Waals surface area contributed by atoms with Crippen LogP contribution in [0.3, 0.4) is 0 Å². The quantitative estimate of drug-likeness (QED) is 0.544. The Morgan fingerprint density at radius 3 is 2.11 bits per heavy atom. The van der Waals surface area contributed by atoms with E-state index in [1.54, 1.807) is 0 Å². The summed E-state index contributed by atoms with van der Waals surface area (Å²) in [6.45, 7) is 4.71. The molecule has 0 aliphatic heterocycles. The summed E-state index contributed by atoms with van der Waals surface area (Å²) in [5.74, 6) is 2.05. The lowest BCUT2D eigenvalue weighted by atomic mass is 9.75. The molecule has 1 aliphatic carbocycles. The van der Waals surface area contributed by atoms with Gasteiger partial charge < -0.3 is 4.90 Å². The Morgan fingerprint density at radius 2 is 1.61 bits per heavy atom. The molecular weight excluding hydrogens is 218 g/mol. The second-order valence-corrected chi connectivity index (χ2v) is 6.55. The molecule has 18 heavy (non-hydrogen) atoms. The summed E-state index contributed by atoms with van der Waals surface area (Å²) in [6, 6.07) is 0.860. The summed E-state index contributed by atoms with van der Waals surface area (Å²) in [4.78, 5) is 2.43. The molecule has 0 radical (unpaired) electrons. The number of nitrogens with zero attached hydrogens (tertiary/aromatic N) is 1. The normalized spacial score (nSPS) is 26.5. The van der Waals surface area contributed by atoms with Crippen LogP contribution in [0.2, 0.25) is 0 Å². The van der Waals surface area contributed by atoms with E-state index in [1.165, 1.54) is 64.2 Å². The third-order valence-electron chi connectivity index (χ3n) is 5.09. The summed E-state index contributed by atoms with van der Waals surface area (Å²) in [5.41, 5.74) is 0. The first-order valence-electron chi connectivity index (χ1n) is 8.35. The number of hydrogen-bond donors (Lipinski definition) is 0. The molecule has 0 aromatic carbocycles. The number of unbranched alkanes of at least 4 members (excludes halogenated alkanes) is 3. The van der Waals surface area contributed by atoms with E-state index in [4.69, 9.17) is 0 Å². The molecule has 0 spiro atoms. The third-order valence-corrected chi connectivity index (χ3v) is 5.09. The van der Waals surface area contributed by atoms with E-state index in [0.717, 1.165) is 17.9 Å². The van der Waals surface area contributed by atoms with E-state index >= 15 is 0 Å². The summed E-state index contributed by atoms with van der Waals surface area (Å²) in [5, 5.41) is 0. The van der Waals surface area contributed by atoms with Gasteiger partial charge in [-0.3, -0.25) is 0 Å². The Kier molecular flexibility index (Phi) is 7.97. The highest BCUT2D eigenvalue weighted by Crippen LogP contribution is 2.35. The van der Waals surface area contributed by atoms with E-state index in [9.17, 15) is 0 Å². The van der Waals surface area contributed by atoms with Crippen molar-refractivity contribution in [1.29, 1.82) is 0 Å². The molecule has 1 unspecified atom stereocenters. The van der Waals surface area contributed by atoms with Gasteiger partial charge in [0.15, 0.2) is 0 Å². The zero-order chi connectivity index (χ0) is 13.4. The molecule has 1 aliphatic rings. The van der Waals surface area contributed by atoms with Gasteiger partial charge in [0.2, 0.25) is 0 Å². The van der Waals surface area contributed by atoms with Crippen LogP contribution in [0.4, 0.5) is 0 Å². The maximum atomic E-state index is 2.43. The van der Waals surface area contributed by atoms with E-state index in [0.29, 0.717) is 0 Å². The van der Waals surface area contributed by atoms with E-state index < -0.39 is 0 Å². The molecule has 0 bridgehead atoms. The highest BCUT2D eigenvalue weighted by atomic mass is 15.1. The van der Waals surface area contributed by atoms with Gasteiger partial charge in [0.1, 0.15) is 0 Å². The highest BCUT2D eigenvalue weighted by Gasteiger charge is 2.26. The SMILES string of the molecule is CCCCCCC(CC)[C@H]1CC[C@H](N(C)C)CC1. The molecule has 108 valence electrons. The van der Waals surface area contributed by atoms with Crippen LogP contribution in [0.1, 0.15) is 78.1 Å². The molecule has 0 heterocycles. The van der Waals surface area contributed by atoms with Crippen LogP contribution in [0.15, 0.2) is 0 Å². The first-order valence-corrected chi connectivity index (χ1v) is 8.35. The fraction of sp³-hybridized carbons (Fsp3) is 1.00. The van der Waals surface area contributed by atoms with E-state index in [-0.39, 0.29) is 0 Å². The topological polar surface area (TPSA) is 3.24 Å². The van der Waals surface area contributed by atoms with Gasteiger partial charge >= 0.3 is 0 Å². The van der Waals surface area contributed by atoms with Crippen molar-refractivity contribution in [1.82, 2.24) is 4.90 Å². The summed E-state index contributed by atoms with van der Waals surface area (Å²) < 4.78 is 0. The molecule has 0 aromatic rings. The Hall–Kier alpha value is -0.0400. The maximum absolute atomic E-state index is 2.43. The Bertz CT molecular complexity index is 192. The smallest absolute Gasteiger partial charge is 0.00893 e. The lowest BCUT2D eigenvalue weighted by molar-refractivity contribution is 0.150. The Morgan fingerprint density at radius 1 is 0.944 bits per heavy atom. The van der Waals surface area contributed by atoms with Crippen molar-refractivity contribution in [2.24, 2.45) is 11.8 Å². The Balaban J connectivity index is 2.25. The second kappa shape index (κ2) is 8.96. The average Bonchev–Trinajstić information content (AvgIpc) is 2.39. The predicted octanol–water partition coefficient (Wildman–Crippen LogP) is 5.10. The van der Waals surface area contributed by atoms with Crippen molar-refractivity contribution >= 4 is 0 Å². The van der Waals surface area contributed by atoms with Crippen molar-refractivity contribution in [2.75, 3.05) is 14.1 Å². The summed E-state index contributed by atoms with van der Waals surface area (Å²) >= 11 is 0. The molecule has 1 saturated carbocycles. The van der Waals surface area contributed by atoms with Gasteiger partial charge in [0, 0.05) is 6.04 Å². The minimum absolute atomic E-state index is 0.860. The van der Waals surface area contributed by atoms with Gasteiger partial charge in [-0.05, 0) is 51.6 Å². The van der Waals surface area contributed by atoms with Crippen LogP contribution in [0.25, 0.3) is 0 Å². The monoisotopic (exact) mass is 253 g/mol. The molecule has 1 fully saturated rings. The van der Waals surface area contributed by atoms with E-state index in [2.05, 4.69) is 32.8 Å². The zero-order valence-corrected chi connectivity index (χ0v) is 13.3. The van der Waals surface area contributed by atoms with Gasteiger partial charge in [-0.1, -0.05) is 52.4 Å². The number of hydrogen-bond acceptors (Lipinski definition) is 1. The van der Waals surface area contributed by atoms with Crippen molar-refractivity contribution < 1.29 is 0 Å². The van der Waals surface area contributed by atoms with Crippen LogP contribution < -0.4 is 0 Å². The largest absolute Gasteiger partial charge is 0.306 e. The first kappa shape index (κ1) is 16.0. The molecular formula is C17H35N. The first-order chi connectivity index (χ1) is 8.69. The average molecular weight is 253 g/mol. The molecule has 1 nitrogen and oxygen atoms in total. The van der Waals surface area contributed by atoms with Crippen LogP contribution >= 0.6 is 0 Å². The van der Waals surface area contributed by atoms with Crippen molar-refractivity contribution in [3.05, 3.63) is 0 Å². The van der Waals surface area contributed by atoms with Crippen LogP contribution in [0.5, 0.6) is 0 Å². The summed E-state index contributed by atoms with van der Waals surface area (Å²) in [6.07, 6.45) is 14.5. The fourth-order valence-electron chi connectivity index (χ4n) is 3.70. The van der Waals surface area contributed by atoms with Crippen LogP contribution in [0, 0.1) is 11.8 Å². The molecule has 1 atom stereocenters. The Labute approximate surface area is 115 Å². The van der Waals surface area contributed by atoms with Gasteiger partial charge in [-0.25, -0.2) is 0 Å². The van der Waals surface area contributed by atoms with Gasteiger partial charge in [0.05, 0.1) is 0 Å². The lowest BCUT2D eigenvalue weighted by Gasteiger charge is -2.36. The van der Waals surface area contributed by atoms with Gasteiger partial charge in [-0.2, -0.15) is 0 Å². The summed E-state index contributed by atoms with van der Waals surface area (Å²) in [7, 11) is 4.49. The minimum atomic E-state index is 0.860. The fourth-order valence-corrected chi connectivity index (χ4v) is 3.70. The third kappa shape index (κ3) is 5.30. The van der Waals surface area contributed by atoms with E-state index in [1.807, 2.05) is 0 Å². The van der Waals surface area contributed by atoms with Crippen molar-refractivity contribution in [3.63, 3.8) is 0 Å². The standard InChI is InChI=1S/C17H35N/c1-5-7-8-9-10-15(6-2)16-11-13-17(14-12-16)18(3)4/h15-17H,5-14H2,1-4H3/t15?,16-,17-. The molecule has 0 saturated heterocycles. The van der Waals surface area contributed by atoms with Crippen molar-refractivity contribution in [3.8, 4) is 0 Å². The van der Waals surface area contributed by atoms with Crippen LogP contribution in [-0.2, 0) is 0 Å². The number of rotatable bonds is 8. The molecule has 1 rings (SSSR count). The minimum Gasteiger partial charge on any atom is -0.306 e. The van der Waals surface area contributed by atoms with Crippen LogP contribution in [-0.4, -0.2) is 25.0 Å². The van der Waals surface area contributed by atoms with Gasteiger partial charge in [0.25, 0.3) is 0 Å². The second-order valence-electron chi connectivity index (χ2n) is 6.55. The molecule has 0 aromatic heterocycles. The van der Waals surface area contributed by atoms with Crippen molar-refractivity contribution in [2.45, 2.75) is 84.1 Å². The van der Waals surface area contributed by atoms with Gasteiger partial charge in [-0.15, -0.1) is 0 Å². The molecule has 0 N–H and O–H groups in total. The predicted molar refractivity (Wildman–Crippen MR) is 82.0 cm³/mol. The zero-order valence-electron chi connectivity index (χ0n) is 13.3. The molecule has 1 heteroatoms. The highest BCUT2D eigenvalue weighted by molar-refractivity contribution is 4.80. The molecule has 0 amide bonds. The maximum Gasteiger partial charge on any atom is 0.00893 e.